The van der Waals surface area contributed by atoms with Crippen molar-refractivity contribution in [3.05, 3.63) is 29.8 Å². The summed E-state index contributed by atoms with van der Waals surface area (Å²) in [6, 6.07) is 9.53. The van der Waals surface area contributed by atoms with E-state index in [-0.39, 0.29) is 0 Å². The van der Waals surface area contributed by atoms with Crippen molar-refractivity contribution >= 4 is 5.69 Å². The zero-order valence-electron chi connectivity index (χ0n) is 12.7. The van der Waals surface area contributed by atoms with Gasteiger partial charge in [-0.15, -0.1) is 0 Å². The van der Waals surface area contributed by atoms with Crippen LogP contribution in [0.1, 0.15) is 45.6 Å². The van der Waals surface area contributed by atoms with Crippen molar-refractivity contribution in [1.29, 1.82) is 0 Å². The quantitative estimate of drug-likeness (QED) is 0.827. The van der Waals surface area contributed by atoms with E-state index < -0.39 is 0 Å². The van der Waals surface area contributed by atoms with Crippen LogP contribution in [0.2, 0.25) is 0 Å². The molecule has 2 nitrogen and oxygen atoms in total. The number of nitrogens with one attached hydrogen (secondary N) is 1. The van der Waals surface area contributed by atoms with Gasteiger partial charge in [-0.1, -0.05) is 32.4 Å². The summed E-state index contributed by atoms with van der Waals surface area (Å²) >= 11 is 0. The van der Waals surface area contributed by atoms with Gasteiger partial charge in [0.15, 0.2) is 0 Å². The lowest BCUT2D eigenvalue weighted by Crippen LogP contribution is -2.23. The van der Waals surface area contributed by atoms with E-state index in [2.05, 4.69) is 55.3 Å². The topological polar surface area (TPSA) is 15.3 Å². The molecule has 1 aliphatic rings. The first-order valence-corrected chi connectivity index (χ1v) is 7.77. The molecule has 0 spiro atoms. The Kier molecular flexibility index (Phi) is 5.26. The molecule has 0 bridgehead atoms. The Morgan fingerprint density at radius 3 is 2.32 bits per heavy atom. The standard InChI is InChI=1S/C17H28N2/c1-4-14(2)15(3)18-17-9-7-16(8-10-17)13-19-11-5-6-12-19/h7-10,14-15,18H,4-6,11-13H2,1-3H3. The maximum Gasteiger partial charge on any atom is 0.0342 e. The number of likely N-dealkylation sites (tertiary alicyclic amines) is 1. The third kappa shape index (κ3) is 4.24. The van der Waals surface area contributed by atoms with Gasteiger partial charge in [0.25, 0.3) is 0 Å². The van der Waals surface area contributed by atoms with Crippen LogP contribution in [0, 0.1) is 5.92 Å². The molecule has 0 saturated carbocycles. The Balaban J connectivity index is 1.87. The molecule has 2 atom stereocenters. The van der Waals surface area contributed by atoms with Crippen molar-refractivity contribution in [2.45, 2.75) is 52.6 Å². The monoisotopic (exact) mass is 260 g/mol. The van der Waals surface area contributed by atoms with Crippen molar-refractivity contribution in [1.82, 2.24) is 4.90 Å². The molecular formula is C17H28N2. The van der Waals surface area contributed by atoms with Crippen molar-refractivity contribution in [3.8, 4) is 0 Å². The van der Waals surface area contributed by atoms with Gasteiger partial charge in [0.1, 0.15) is 0 Å². The summed E-state index contributed by atoms with van der Waals surface area (Å²) in [6.45, 7) is 10.5. The van der Waals surface area contributed by atoms with Gasteiger partial charge in [0.05, 0.1) is 0 Å². The zero-order chi connectivity index (χ0) is 13.7. The molecule has 1 N–H and O–H groups in total. The van der Waals surface area contributed by atoms with E-state index in [9.17, 15) is 0 Å². The fourth-order valence-corrected chi connectivity index (χ4v) is 2.66. The molecule has 1 saturated heterocycles. The second-order valence-corrected chi connectivity index (χ2v) is 6.00. The number of benzene rings is 1. The molecular weight excluding hydrogens is 232 g/mol. The highest BCUT2D eigenvalue weighted by Crippen LogP contribution is 2.18. The number of hydrogen-bond acceptors (Lipinski definition) is 2. The molecule has 1 fully saturated rings. The summed E-state index contributed by atoms with van der Waals surface area (Å²) in [5.74, 6) is 0.712. The molecule has 1 aromatic rings. The highest BCUT2D eigenvalue weighted by molar-refractivity contribution is 5.45. The van der Waals surface area contributed by atoms with Crippen molar-refractivity contribution in [2.24, 2.45) is 5.92 Å². The molecule has 2 heteroatoms. The predicted octanol–water partition coefficient (Wildman–Crippen LogP) is 4.13. The van der Waals surface area contributed by atoms with Crippen LogP contribution >= 0.6 is 0 Å². The van der Waals surface area contributed by atoms with Crippen LogP contribution < -0.4 is 5.32 Å². The third-order valence-electron chi connectivity index (χ3n) is 4.45. The van der Waals surface area contributed by atoms with Crippen LogP contribution in [0.25, 0.3) is 0 Å². The molecule has 1 heterocycles. The predicted molar refractivity (Wildman–Crippen MR) is 83.5 cm³/mol. The average Bonchev–Trinajstić information content (AvgIpc) is 2.93. The molecule has 19 heavy (non-hydrogen) atoms. The highest BCUT2D eigenvalue weighted by atomic mass is 15.1. The van der Waals surface area contributed by atoms with Gasteiger partial charge in [0, 0.05) is 18.3 Å². The minimum Gasteiger partial charge on any atom is -0.382 e. The van der Waals surface area contributed by atoms with Crippen LogP contribution in [-0.2, 0) is 6.54 Å². The summed E-state index contributed by atoms with van der Waals surface area (Å²) < 4.78 is 0. The number of nitrogens with zero attached hydrogens (tertiary/aromatic N) is 1. The maximum absolute atomic E-state index is 3.60. The van der Waals surface area contributed by atoms with Crippen molar-refractivity contribution in [2.75, 3.05) is 18.4 Å². The molecule has 0 aromatic heterocycles. The number of hydrogen-bond donors (Lipinski definition) is 1. The third-order valence-corrected chi connectivity index (χ3v) is 4.45. The first kappa shape index (κ1) is 14.4. The first-order chi connectivity index (χ1) is 9.19. The summed E-state index contributed by atoms with van der Waals surface area (Å²) in [4.78, 5) is 2.55. The lowest BCUT2D eigenvalue weighted by Gasteiger charge is -2.21. The van der Waals surface area contributed by atoms with Crippen LogP contribution in [0.5, 0.6) is 0 Å². The second-order valence-electron chi connectivity index (χ2n) is 6.00. The fraction of sp³-hybridized carbons (Fsp3) is 0.647. The first-order valence-electron chi connectivity index (χ1n) is 7.77. The minimum atomic E-state index is 0.537. The molecule has 1 aromatic carbocycles. The van der Waals surface area contributed by atoms with E-state index >= 15 is 0 Å². The van der Waals surface area contributed by atoms with Gasteiger partial charge < -0.3 is 5.32 Å². The molecule has 2 rings (SSSR count). The number of anilines is 1. The van der Waals surface area contributed by atoms with E-state index in [0.29, 0.717) is 12.0 Å². The SMILES string of the molecule is CCC(C)C(C)Nc1ccc(CN2CCCC2)cc1. The van der Waals surface area contributed by atoms with Gasteiger partial charge in [0.2, 0.25) is 0 Å². The van der Waals surface area contributed by atoms with E-state index in [4.69, 9.17) is 0 Å². The Bertz CT molecular complexity index is 365. The largest absolute Gasteiger partial charge is 0.382 e. The molecule has 0 aliphatic carbocycles. The van der Waals surface area contributed by atoms with E-state index in [1.807, 2.05) is 0 Å². The lowest BCUT2D eigenvalue weighted by atomic mass is 10.0. The smallest absolute Gasteiger partial charge is 0.0342 e. The Morgan fingerprint density at radius 1 is 1.11 bits per heavy atom. The molecule has 0 radical (unpaired) electrons. The molecule has 2 unspecified atom stereocenters. The second kappa shape index (κ2) is 6.95. The fourth-order valence-electron chi connectivity index (χ4n) is 2.66. The van der Waals surface area contributed by atoms with Gasteiger partial charge in [-0.05, 0) is 56.5 Å². The Labute approximate surface area is 118 Å². The van der Waals surface area contributed by atoms with E-state index in [1.54, 1.807) is 0 Å². The Morgan fingerprint density at radius 2 is 1.74 bits per heavy atom. The molecule has 1 aliphatic heterocycles. The van der Waals surface area contributed by atoms with Gasteiger partial charge >= 0.3 is 0 Å². The minimum absolute atomic E-state index is 0.537. The lowest BCUT2D eigenvalue weighted by molar-refractivity contribution is 0.331. The molecule has 0 amide bonds. The highest BCUT2D eigenvalue weighted by Gasteiger charge is 2.12. The van der Waals surface area contributed by atoms with Gasteiger partial charge in [-0.3, -0.25) is 4.90 Å². The van der Waals surface area contributed by atoms with E-state index in [1.165, 1.54) is 43.6 Å². The summed E-state index contributed by atoms with van der Waals surface area (Å²) in [6.07, 6.45) is 3.96. The van der Waals surface area contributed by atoms with Crippen molar-refractivity contribution < 1.29 is 0 Å². The summed E-state index contributed by atoms with van der Waals surface area (Å²) in [5, 5.41) is 3.60. The Hall–Kier alpha value is -1.02. The zero-order valence-corrected chi connectivity index (χ0v) is 12.7. The normalized spacial score (nSPS) is 19.3. The van der Waals surface area contributed by atoms with Crippen LogP contribution in [-0.4, -0.2) is 24.0 Å². The van der Waals surface area contributed by atoms with Crippen LogP contribution in [0.3, 0.4) is 0 Å². The van der Waals surface area contributed by atoms with Crippen LogP contribution in [0.4, 0.5) is 5.69 Å². The van der Waals surface area contributed by atoms with E-state index in [0.717, 1.165) is 6.54 Å². The summed E-state index contributed by atoms with van der Waals surface area (Å²) in [7, 11) is 0. The molecule has 106 valence electrons. The maximum atomic E-state index is 3.60. The number of rotatable bonds is 6. The van der Waals surface area contributed by atoms with Gasteiger partial charge in [-0.2, -0.15) is 0 Å². The van der Waals surface area contributed by atoms with Crippen LogP contribution in [0.15, 0.2) is 24.3 Å². The van der Waals surface area contributed by atoms with Gasteiger partial charge in [-0.25, -0.2) is 0 Å². The summed E-state index contributed by atoms with van der Waals surface area (Å²) in [5.41, 5.74) is 2.68. The average molecular weight is 260 g/mol. The van der Waals surface area contributed by atoms with Crippen molar-refractivity contribution in [3.63, 3.8) is 0 Å².